The van der Waals surface area contributed by atoms with Crippen molar-refractivity contribution in [1.82, 2.24) is 0 Å². The Morgan fingerprint density at radius 3 is 2.62 bits per heavy atom. The van der Waals surface area contributed by atoms with Crippen LogP contribution < -0.4 is 0 Å². The molecule has 1 aliphatic rings. The van der Waals surface area contributed by atoms with E-state index >= 15 is 0 Å². The van der Waals surface area contributed by atoms with Crippen LogP contribution in [0.5, 0.6) is 0 Å². The summed E-state index contributed by atoms with van der Waals surface area (Å²) in [5.74, 6) is 0. The highest BCUT2D eigenvalue weighted by Gasteiger charge is 2.28. The van der Waals surface area contributed by atoms with Gasteiger partial charge in [-0.2, -0.15) is 0 Å². The smallest absolute Gasteiger partial charge is 0.0826 e. The summed E-state index contributed by atoms with van der Waals surface area (Å²) in [6.07, 6.45) is 5.41. The zero-order valence-electron chi connectivity index (χ0n) is 9.73. The van der Waals surface area contributed by atoms with Crippen LogP contribution in [0.4, 0.5) is 0 Å². The van der Waals surface area contributed by atoms with Gasteiger partial charge >= 0.3 is 0 Å². The third kappa shape index (κ3) is 2.86. The van der Waals surface area contributed by atoms with Crippen LogP contribution in [0.25, 0.3) is 0 Å². The molecule has 1 aromatic rings. The monoisotopic (exact) mass is 282 g/mol. The Labute approximate surface area is 106 Å². The quantitative estimate of drug-likeness (QED) is 0.741. The third-order valence-electron chi connectivity index (χ3n) is 3.25. The predicted molar refractivity (Wildman–Crippen MR) is 70.9 cm³/mol. The molecule has 1 aromatic carbocycles. The van der Waals surface area contributed by atoms with Crippen molar-refractivity contribution >= 4 is 15.9 Å². The maximum atomic E-state index is 6.21. The molecular weight excluding hydrogens is 264 g/mol. The molecule has 0 amide bonds. The van der Waals surface area contributed by atoms with E-state index in [4.69, 9.17) is 4.74 Å². The van der Waals surface area contributed by atoms with Crippen LogP contribution in [0.3, 0.4) is 0 Å². The molecule has 1 aliphatic carbocycles. The molecule has 0 radical (unpaired) electrons. The summed E-state index contributed by atoms with van der Waals surface area (Å²) >= 11 is 3.71. The van der Waals surface area contributed by atoms with Crippen molar-refractivity contribution < 1.29 is 4.74 Å². The Kier molecular flexibility index (Phi) is 4.42. The highest BCUT2D eigenvalue weighted by atomic mass is 79.9. The molecule has 0 spiro atoms. The molecule has 2 heteroatoms. The first-order valence-electron chi connectivity index (χ1n) is 6.15. The van der Waals surface area contributed by atoms with Crippen molar-refractivity contribution in [3.63, 3.8) is 0 Å². The first-order valence-corrected chi connectivity index (χ1v) is 7.07. The topological polar surface area (TPSA) is 9.23 Å². The second kappa shape index (κ2) is 5.83. The van der Waals surface area contributed by atoms with Gasteiger partial charge < -0.3 is 4.74 Å². The molecule has 2 rings (SSSR count). The summed E-state index contributed by atoms with van der Waals surface area (Å²) in [5.41, 5.74) is 1.30. The molecule has 3 unspecified atom stereocenters. The molecule has 1 nitrogen and oxygen atoms in total. The van der Waals surface area contributed by atoms with Gasteiger partial charge in [0.25, 0.3) is 0 Å². The Morgan fingerprint density at radius 1 is 1.31 bits per heavy atom. The molecule has 1 saturated carbocycles. The van der Waals surface area contributed by atoms with Gasteiger partial charge in [-0.1, -0.05) is 53.2 Å². The molecule has 88 valence electrons. The molecule has 0 saturated heterocycles. The zero-order valence-corrected chi connectivity index (χ0v) is 11.3. The van der Waals surface area contributed by atoms with Gasteiger partial charge in [-0.25, -0.2) is 0 Å². The summed E-state index contributed by atoms with van der Waals surface area (Å²) in [6, 6.07) is 10.5. The van der Waals surface area contributed by atoms with Gasteiger partial charge in [0.15, 0.2) is 0 Å². The van der Waals surface area contributed by atoms with Crippen molar-refractivity contribution in [2.45, 2.75) is 49.6 Å². The van der Waals surface area contributed by atoms with E-state index in [0.717, 1.165) is 6.42 Å². The van der Waals surface area contributed by atoms with Crippen LogP contribution in [-0.2, 0) is 4.74 Å². The van der Waals surface area contributed by atoms with E-state index in [2.05, 4.69) is 53.2 Å². The van der Waals surface area contributed by atoms with Crippen LogP contribution >= 0.6 is 15.9 Å². The lowest BCUT2D eigenvalue weighted by Gasteiger charge is -2.23. The second-order valence-corrected chi connectivity index (χ2v) is 5.61. The van der Waals surface area contributed by atoms with E-state index in [-0.39, 0.29) is 6.10 Å². The second-order valence-electron chi connectivity index (χ2n) is 4.43. The number of halogens is 1. The third-order valence-corrected chi connectivity index (χ3v) is 4.30. The molecule has 16 heavy (non-hydrogen) atoms. The van der Waals surface area contributed by atoms with E-state index in [1.807, 2.05) is 0 Å². The van der Waals surface area contributed by atoms with Gasteiger partial charge in [0.1, 0.15) is 0 Å². The van der Waals surface area contributed by atoms with Crippen molar-refractivity contribution in [3.8, 4) is 0 Å². The fourth-order valence-corrected chi connectivity index (χ4v) is 3.04. The summed E-state index contributed by atoms with van der Waals surface area (Å²) in [7, 11) is 0. The normalized spacial score (nSPS) is 26.9. The number of rotatable bonds is 4. The van der Waals surface area contributed by atoms with Crippen LogP contribution in [-0.4, -0.2) is 10.9 Å². The van der Waals surface area contributed by atoms with E-state index in [0.29, 0.717) is 10.9 Å². The molecule has 0 aromatic heterocycles. The van der Waals surface area contributed by atoms with Crippen molar-refractivity contribution in [1.29, 1.82) is 0 Å². The summed E-state index contributed by atoms with van der Waals surface area (Å²) in [4.78, 5) is 0.547. The predicted octanol–water partition coefficient (Wildman–Crippen LogP) is 4.47. The first-order chi connectivity index (χ1) is 7.81. The SMILES string of the molecule is CCC(OC1CCCC1Br)c1ccccc1. The van der Waals surface area contributed by atoms with Gasteiger partial charge in [0.05, 0.1) is 12.2 Å². The van der Waals surface area contributed by atoms with Crippen molar-refractivity contribution in [2.75, 3.05) is 0 Å². The minimum Gasteiger partial charge on any atom is -0.369 e. The summed E-state index contributed by atoms with van der Waals surface area (Å²) in [6.45, 7) is 2.19. The minimum absolute atomic E-state index is 0.254. The maximum Gasteiger partial charge on any atom is 0.0826 e. The van der Waals surface area contributed by atoms with Gasteiger partial charge in [-0.3, -0.25) is 0 Å². The Morgan fingerprint density at radius 2 is 2.06 bits per heavy atom. The lowest BCUT2D eigenvalue weighted by molar-refractivity contribution is -0.00787. The van der Waals surface area contributed by atoms with E-state index in [1.165, 1.54) is 24.8 Å². The molecule has 0 bridgehead atoms. The lowest BCUT2D eigenvalue weighted by Crippen LogP contribution is -2.20. The van der Waals surface area contributed by atoms with Crippen molar-refractivity contribution in [3.05, 3.63) is 35.9 Å². The highest BCUT2D eigenvalue weighted by molar-refractivity contribution is 9.09. The largest absolute Gasteiger partial charge is 0.369 e. The van der Waals surface area contributed by atoms with Gasteiger partial charge in [0.2, 0.25) is 0 Å². The highest BCUT2D eigenvalue weighted by Crippen LogP contribution is 2.33. The number of alkyl halides is 1. The van der Waals surface area contributed by atoms with Gasteiger partial charge in [-0.15, -0.1) is 0 Å². The first kappa shape index (κ1) is 12.1. The van der Waals surface area contributed by atoms with Gasteiger partial charge in [0, 0.05) is 4.83 Å². The number of hydrogen-bond donors (Lipinski definition) is 0. The molecule has 0 aliphatic heterocycles. The van der Waals surface area contributed by atoms with Crippen LogP contribution in [0.1, 0.15) is 44.3 Å². The average Bonchev–Trinajstić information content (AvgIpc) is 2.73. The van der Waals surface area contributed by atoms with Crippen LogP contribution in [0.15, 0.2) is 30.3 Å². The molecule has 0 N–H and O–H groups in total. The number of hydrogen-bond acceptors (Lipinski definition) is 1. The number of ether oxygens (including phenoxy) is 1. The summed E-state index contributed by atoms with van der Waals surface area (Å²) in [5, 5.41) is 0. The van der Waals surface area contributed by atoms with Crippen LogP contribution in [0.2, 0.25) is 0 Å². The molecule has 3 atom stereocenters. The minimum atomic E-state index is 0.254. The molecular formula is C14H19BrO. The summed E-state index contributed by atoms with van der Waals surface area (Å²) < 4.78 is 6.21. The fraction of sp³-hybridized carbons (Fsp3) is 0.571. The Hall–Kier alpha value is -0.340. The average molecular weight is 283 g/mol. The molecule has 0 heterocycles. The van der Waals surface area contributed by atoms with E-state index in [1.54, 1.807) is 0 Å². The number of benzene rings is 1. The van der Waals surface area contributed by atoms with E-state index in [9.17, 15) is 0 Å². The van der Waals surface area contributed by atoms with E-state index < -0.39 is 0 Å². The molecule has 1 fully saturated rings. The standard InChI is InChI=1S/C14H19BrO/c1-2-13(11-7-4-3-5-8-11)16-14-10-6-9-12(14)15/h3-5,7-8,12-14H,2,6,9-10H2,1H3. The fourth-order valence-electron chi connectivity index (χ4n) is 2.32. The Balaban J connectivity index is 2.00. The van der Waals surface area contributed by atoms with Gasteiger partial charge in [-0.05, 0) is 31.2 Å². The maximum absolute atomic E-state index is 6.21. The Bertz CT molecular complexity index is 312. The lowest BCUT2D eigenvalue weighted by atomic mass is 10.1. The van der Waals surface area contributed by atoms with Crippen LogP contribution in [0, 0.1) is 0 Å². The van der Waals surface area contributed by atoms with Crippen molar-refractivity contribution in [2.24, 2.45) is 0 Å². The zero-order chi connectivity index (χ0) is 11.4.